The molecule has 1 N–H and O–H groups in total. The molecule has 6 nitrogen and oxygen atoms in total. The lowest BCUT2D eigenvalue weighted by Crippen LogP contribution is -2.41. The molecule has 1 aromatic carbocycles. The van der Waals surface area contributed by atoms with Crippen LogP contribution in [0.2, 0.25) is 0 Å². The van der Waals surface area contributed by atoms with Crippen molar-refractivity contribution in [2.45, 2.75) is 44.9 Å². The molecule has 162 valence electrons. The highest BCUT2D eigenvalue weighted by atomic mass is 127. The summed E-state index contributed by atoms with van der Waals surface area (Å²) < 4.78 is 17.1. The zero-order valence-corrected chi connectivity index (χ0v) is 19.7. The quantitative estimate of drug-likeness (QED) is 0.371. The third-order valence-electron chi connectivity index (χ3n) is 6.23. The van der Waals surface area contributed by atoms with E-state index in [-0.39, 0.29) is 24.0 Å². The molecular formula is C22H34IN3O3. The van der Waals surface area contributed by atoms with Gasteiger partial charge < -0.3 is 24.4 Å². The summed E-state index contributed by atoms with van der Waals surface area (Å²) in [5.74, 6) is 0.993. The van der Waals surface area contributed by atoms with E-state index >= 15 is 0 Å². The Morgan fingerprint density at radius 3 is 2.79 bits per heavy atom. The topological polar surface area (TPSA) is 55.3 Å². The van der Waals surface area contributed by atoms with Crippen LogP contribution in [0.5, 0.6) is 0 Å². The predicted octanol–water partition coefficient (Wildman–Crippen LogP) is 3.19. The van der Waals surface area contributed by atoms with Crippen LogP contribution < -0.4 is 5.32 Å². The van der Waals surface area contributed by atoms with Crippen molar-refractivity contribution < 1.29 is 14.2 Å². The highest BCUT2D eigenvalue weighted by Crippen LogP contribution is 2.38. The number of nitrogens with one attached hydrogen (secondary N) is 1. The number of halogens is 1. The molecule has 0 radical (unpaired) electrons. The van der Waals surface area contributed by atoms with Crippen LogP contribution in [-0.4, -0.2) is 63.5 Å². The van der Waals surface area contributed by atoms with Gasteiger partial charge in [-0.2, -0.15) is 0 Å². The minimum Gasteiger partial charge on any atom is -0.381 e. The Labute approximate surface area is 191 Å². The Kier molecular flexibility index (Phi) is 8.58. The molecule has 0 bridgehead atoms. The molecule has 0 saturated carbocycles. The van der Waals surface area contributed by atoms with E-state index in [2.05, 4.69) is 39.5 Å². The first-order valence-corrected chi connectivity index (χ1v) is 10.6. The Morgan fingerprint density at radius 2 is 2.03 bits per heavy atom. The van der Waals surface area contributed by atoms with E-state index in [4.69, 9.17) is 14.2 Å². The van der Waals surface area contributed by atoms with E-state index < -0.39 is 0 Å². The van der Waals surface area contributed by atoms with Crippen molar-refractivity contribution in [3.8, 4) is 0 Å². The maximum absolute atomic E-state index is 6.06. The molecule has 3 fully saturated rings. The summed E-state index contributed by atoms with van der Waals surface area (Å²) in [6.07, 6.45) is 4.71. The van der Waals surface area contributed by atoms with E-state index in [0.29, 0.717) is 18.1 Å². The fourth-order valence-corrected chi connectivity index (χ4v) is 4.49. The lowest BCUT2D eigenvalue weighted by Gasteiger charge is -2.25. The highest BCUT2D eigenvalue weighted by Gasteiger charge is 2.42. The number of aliphatic imine (C=N–C) groups is 1. The van der Waals surface area contributed by atoms with Gasteiger partial charge in [0.2, 0.25) is 0 Å². The summed E-state index contributed by atoms with van der Waals surface area (Å²) in [6.45, 7) is 6.99. The van der Waals surface area contributed by atoms with Gasteiger partial charge in [0, 0.05) is 51.9 Å². The van der Waals surface area contributed by atoms with Gasteiger partial charge in [-0.15, -0.1) is 24.0 Å². The molecule has 3 aliphatic heterocycles. The summed E-state index contributed by atoms with van der Waals surface area (Å²) >= 11 is 0. The molecular weight excluding hydrogens is 481 g/mol. The van der Waals surface area contributed by atoms with Crippen molar-refractivity contribution in [2.75, 3.05) is 46.6 Å². The molecule has 1 unspecified atom stereocenters. The number of hydrogen-bond donors (Lipinski definition) is 1. The molecule has 29 heavy (non-hydrogen) atoms. The van der Waals surface area contributed by atoms with E-state index in [0.717, 1.165) is 64.9 Å². The highest BCUT2D eigenvalue weighted by molar-refractivity contribution is 14.0. The Bertz CT molecular complexity index is 673. The van der Waals surface area contributed by atoms with Crippen LogP contribution in [-0.2, 0) is 27.4 Å². The van der Waals surface area contributed by atoms with E-state index in [9.17, 15) is 0 Å². The molecule has 0 aromatic heterocycles. The Morgan fingerprint density at radius 1 is 1.21 bits per heavy atom. The summed E-state index contributed by atoms with van der Waals surface area (Å²) in [5.41, 5.74) is 2.83. The zero-order chi connectivity index (χ0) is 19.2. The van der Waals surface area contributed by atoms with Crippen LogP contribution in [0, 0.1) is 5.41 Å². The van der Waals surface area contributed by atoms with E-state index in [1.807, 2.05) is 7.05 Å². The fourth-order valence-electron chi connectivity index (χ4n) is 4.49. The van der Waals surface area contributed by atoms with Gasteiger partial charge in [0.25, 0.3) is 0 Å². The first-order chi connectivity index (χ1) is 13.8. The van der Waals surface area contributed by atoms with Crippen LogP contribution in [0.1, 0.15) is 36.8 Å². The number of likely N-dealkylation sites (tertiary alicyclic amines) is 1. The second-order valence-electron chi connectivity index (χ2n) is 8.32. The fraction of sp³-hybridized carbons (Fsp3) is 0.682. The standard InChI is InChI=1S/C22H33N3O3.HI/c1-23-21(25-9-7-22(16-25)8-12-27-17-22)24-14-18-3-2-4-19(13-18)15-28-20-5-10-26-11-6-20;/h2-4,13,20H,5-12,14-17H2,1H3,(H,23,24);1H. The van der Waals surface area contributed by atoms with Gasteiger partial charge in [-0.3, -0.25) is 4.99 Å². The van der Waals surface area contributed by atoms with Gasteiger partial charge in [-0.1, -0.05) is 24.3 Å². The SMILES string of the molecule is CN=C(NCc1cccc(COC2CCOCC2)c1)N1CCC2(CCOC2)C1.I. The van der Waals surface area contributed by atoms with Crippen LogP contribution in [0.25, 0.3) is 0 Å². The first kappa shape index (κ1) is 22.8. The minimum absolute atomic E-state index is 0. The third-order valence-corrected chi connectivity index (χ3v) is 6.23. The minimum atomic E-state index is 0. The largest absolute Gasteiger partial charge is 0.381 e. The number of hydrogen-bond acceptors (Lipinski definition) is 4. The predicted molar refractivity (Wildman–Crippen MR) is 125 cm³/mol. The molecule has 4 rings (SSSR count). The molecule has 1 aromatic rings. The summed E-state index contributed by atoms with van der Waals surface area (Å²) in [6, 6.07) is 8.65. The first-order valence-electron chi connectivity index (χ1n) is 10.6. The normalized spacial score (nSPS) is 25.4. The average molecular weight is 515 g/mol. The molecule has 1 spiro atoms. The number of rotatable bonds is 5. The molecule has 0 amide bonds. The third kappa shape index (κ3) is 6.06. The maximum atomic E-state index is 6.06. The zero-order valence-electron chi connectivity index (χ0n) is 17.4. The maximum Gasteiger partial charge on any atom is 0.193 e. The summed E-state index contributed by atoms with van der Waals surface area (Å²) in [7, 11) is 1.87. The average Bonchev–Trinajstić information content (AvgIpc) is 3.38. The Hall–Kier alpha value is -0.900. The van der Waals surface area contributed by atoms with Crippen LogP contribution in [0.3, 0.4) is 0 Å². The van der Waals surface area contributed by atoms with E-state index in [1.165, 1.54) is 24.0 Å². The van der Waals surface area contributed by atoms with Gasteiger partial charge in [-0.05, 0) is 36.8 Å². The van der Waals surface area contributed by atoms with Gasteiger partial charge in [0.1, 0.15) is 0 Å². The van der Waals surface area contributed by atoms with Crippen LogP contribution >= 0.6 is 24.0 Å². The molecule has 3 heterocycles. The number of ether oxygens (including phenoxy) is 3. The van der Waals surface area contributed by atoms with Crippen molar-refractivity contribution >= 4 is 29.9 Å². The van der Waals surface area contributed by atoms with Crippen molar-refractivity contribution in [1.29, 1.82) is 0 Å². The second kappa shape index (κ2) is 10.9. The van der Waals surface area contributed by atoms with Crippen LogP contribution in [0.15, 0.2) is 29.3 Å². The van der Waals surface area contributed by atoms with Crippen molar-refractivity contribution in [3.63, 3.8) is 0 Å². The number of nitrogens with zero attached hydrogens (tertiary/aromatic N) is 2. The smallest absolute Gasteiger partial charge is 0.193 e. The van der Waals surface area contributed by atoms with Crippen molar-refractivity contribution in [1.82, 2.24) is 10.2 Å². The van der Waals surface area contributed by atoms with Gasteiger partial charge in [-0.25, -0.2) is 0 Å². The summed E-state index contributed by atoms with van der Waals surface area (Å²) in [4.78, 5) is 6.90. The van der Waals surface area contributed by atoms with Gasteiger partial charge >= 0.3 is 0 Å². The molecule has 3 saturated heterocycles. The van der Waals surface area contributed by atoms with E-state index in [1.54, 1.807) is 0 Å². The number of benzene rings is 1. The Balaban J connectivity index is 0.00000240. The molecule has 7 heteroatoms. The van der Waals surface area contributed by atoms with Gasteiger partial charge in [0.15, 0.2) is 5.96 Å². The van der Waals surface area contributed by atoms with Crippen molar-refractivity contribution in [3.05, 3.63) is 35.4 Å². The number of guanidine groups is 1. The summed E-state index contributed by atoms with van der Waals surface area (Å²) in [5, 5.41) is 3.54. The molecule has 3 aliphatic rings. The second-order valence-corrected chi connectivity index (χ2v) is 8.32. The van der Waals surface area contributed by atoms with Crippen molar-refractivity contribution in [2.24, 2.45) is 10.4 Å². The lowest BCUT2D eigenvalue weighted by molar-refractivity contribution is -0.0390. The lowest BCUT2D eigenvalue weighted by atomic mass is 9.87. The molecule has 1 atom stereocenters. The monoisotopic (exact) mass is 515 g/mol. The van der Waals surface area contributed by atoms with Crippen LogP contribution in [0.4, 0.5) is 0 Å². The molecule has 0 aliphatic carbocycles. The van der Waals surface area contributed by atoms with Gasteiger partial charge in [0.05, 0.1) is 19.3 Å².